The lowest BCUT2D eigenvalue weighted by molar-refractivity contribution is 0.0130. The Bertz CT molecular complexity index is 404. The minimum absolute atomic E-state index is 0.691. The Morgan fingerprint density at radius 1 is 1.05 bits per heavy atom. The second-order valence-corrected chi connectivity index (χ2v) is 8.37. The summed E-state index contributed by atoms with van der Waals surface area (Å²) in [7, 11) is 0. The first-order valence-electron chi connectivity index (χ1n) is 9.86. The number of hydrogen-bond acceptors (Lipinski definition) is 0. The smallest absolute Gasteiger partial charge is 0.0169 e. The monoisotopic (exact) mass is 288 g/mol. The predicted molar refractivity (Wildman–Crippen MR) is 92.3 cm³/mol. The third-order valence-corrected chi connectivity index (χ3v) is 7.75. The van der Waals surface area contributed by atoms with Gasteiger partial charge in [0.05, 0.1) is 0 Å². The molecule has 120 valence electrons. The molecule has 0 aromatic heterocycles. The Morgan fingerprint density at radius 3 is 2.52 bits per heavy atom. The van der Waals surface area contributed by atoms with E-state index in [0.29, 0.717) is 5.41 Å². The summed E-state index contributed by atoms with van der Waals surface area (Å²) in [6.07, 6.45) is 14.5. The van der Waals surface area contributed by atoms with Gasteiger partial charge < -0.3 is 0 Å². The molecule has 0 bridgehead atoms. The highest BCUT2D eigenvalue weighted by atomic mass is 14.6. The van der Waals surface area contributed by atoms with Crippen molar-refractivity contribution in [2.24, 2.45) is 29.1 Å². The molecule has 0 aromatic rings. The van der Waals surface area contributed by atoms with Crippen molar-refractivity contribution >= 4 is 0 Å². The minimum atomic E-state index is 0.691. The van der Waals surface area contributed by atoms with Crippen molar-refractivity contribution in [1.29, 1.82) is 0 Å². The average Bonchev–Trinajstić information content (AvgIpc) is 2.84. The molecule has 2 saturated carbocycles. The second-order valence-electron chi connectivity index (χ2n) is 8.37. The third kappa shape index (κ3) is 2.41. The van der Waals surface area contributed by atoms with Crippen LogP contribution in [0.15, 0.2) is 11.1 Å². The van der Waals surface area contributed by atoms with E-state index in [1.54, 1.807) is 0 Å². The number of fused-ring (bicyclic) bond motifs is 3. The van der Waals surface area contributed by atoms with Gasteiger partial charge in [-0.05, 0) is 80.5 Å². The molecule has 0 heteroatoms. The van der Waals surface area contributed by atoms with Gasteiger partial charge in [-0.25, -0.2) is 0 Å². The predicted octanol–water partition coefficient (Wildman–Crippen LogP) is 6.76. The Kier molecular flexibility index (Phi) is 4.53. The zero-order valence-corrected chi connectivity index (χ0v) is 14.9. The molecular formula is C21H36. The van der Waals surface area contributed by atoms with Crippen LogP contribution in [-0.4, -0.2) is 0 Å². The summed E-state index contributed by atoms with van der Waals surface area (Å²) in [5.74, 6) is 4.08. The van der Waals surface area contributed by atoms with Crippen LogP contribution in [-0.2, 0) is 0 Å². The van der Waals surface area contributed by atoms with Crippen molar-refractivity contribution in [2.45, 2.75) is 91.9 Å². The molecule has 3 rings (SSSR count). The summed E-state index contributed by atoms with van der Waals surface area (Å²) >= 11 is 0. The van der Waals surface area contributed by atoms with Gasteiger partial charge in [-0.1, -0.05) is 51.7 Å². The summed E-state index contributed by atoms with van der Waals surface area (Å²) in [5.41, 5.74) is 4.47. The van der Waals surface area contributed by atoms with Gasteiger partial charge in [-0.15, -0.1) is 0 Å². The second kappa shape index (κ2) is 6.09. The summed E-state index contributed by atoms with van der Waals surface area (Å²) in [4.78, 5) is 0. The SMILES string of the molecule is CCCC1=C(CC)CCC2C1CCC1(C)C(CC)CCC21. The molecule has 5 unspecified atom stereocenters. The molecule has 0 nitrogen and oxygen atoms in total. The summed E-state index contributed by atoms with van der Waals surface area (Å²) in [6.45, 7) is 9.86. The molecular weight excluding hydrogens is 252 g/mol. The molecule has 0 aromatic carbocycles. The van der Waals surface area contributed by atoms with Crippen molar-refractivity contribution < 1.29 is 0 Å². The van der Waals surface area contributed by atoms with Crippen molar-refractivity contribution in [1.82, 2.24) is 0 Å². The van der Waals surface area contributed by atoms with Gasteiger partial charge in [0.2, 0.25) is 0 Å². The van der Waals surface area contributed by atoms with Crippen molar-refractivity contribution in [3.8, 4) is 0 Å². The molecule has 0 aliphatic heterocycles. The van der Waals surface area contributed by atoms with Gasteiger partial charge in [0, 0.05) is 0 Å². The highest BCUT2D eigenvalue weighted by Crippen LogP contribution is 2.63. The van der Waals surface area contributed by atoms with Crippen LogP contribution in [0.5, 0.6) is 0 Å². The lowest BCUT2D eigenvalue weighted by atomic mass is 9.53. The fourth-order valence-electron chi connectivity index (χ4n) is 6.70. The molecule has 0 radical (unpaired) electrons. The van der Waals surface area contributed by atoms with E-state index < -0.39 is 0 Å². The van der Waals surface area contributed by atoms with E-state index in [0.717, 1.165) is 23.7 Å². The number of allylic oxidation sites excluding steroid dienone is 2. The van der Waals surface area contributed by atoms with E-state index in [-0.39, 0.29) is 0 Å². The van der Waals surface area contributed by atoms with Crippen molar-refractivity contribution in [3.05, 3.63) is 11.1 Å². The first-order valence-corrected chi connectivity index (χ1v) is 9.86. The molecule has 0 heterocycles. The van der Waals surface area contributed by atoms with Crippen LogP contribution in [0.3, 0.4) is 0 Å². The molecule has 3 aliphatic carbocycles. The molecule has 5 atom stereocenters. The van der Waals surface area contributed by atoms with E-state index in [4.69, 9.17) is 0 Å². The van der Waals surface area contributed by atoms with E-state index in [9.17, 15) is 0 Å². The number of hydrogen-bond donors (Lipinski definition) is 0. The lowest BCUT2D eigenvalue weighted by Gasteiger charge is -2.51. The maximum absolute atomic E-state index is 2.66. The van der Waals surface area contributed by atoms with E-state index in [1.807, 2.05) is 11.1 Å². The standard InChI is InChI=1S/C21H36/c1-5-8-17-15(6-2)9-11-19-18(17)13-14-21(4)16(7-3)10-12-20(19)21/h16,18-20H,5-14H2,1-4H3. The quantitative estimate of drug-likeness (QED) is 0.501. The normalized spacial score (nSPS) is 42.9. The molecule has 0 spiro atoms. The number of rotatable bonds is 4. The highest BCUT2D eigenvalue weighted by molar-refractivity contribution is 5.24. The van der Waals surface area contributed by atoms with Gasteiger partial charge in [-0.3, -0.25) is 0 Å². The topological polar surface area (TPSA) is 0 Å². The maximum Gasteiger partial charge on any atom is -0.0169 e. The zero-order chi connectivity index (χ0) is 15.0. The minimum Gasteiger partial charge on any atom is -0.0710 e. The van der Waals surface area contributed by atoms with Crippen LogP contribution < -0.4 is 0 Å². The molecule has 0 amide bonds. The fraction of sp³-hybridized carbons (Fsp3) is 0.905. The molecule has 0 N–H and O–H groups in total. The van der Waals surface area contributed by atoms with Gasteiger partial charge in [0.25, 0.3) is 0 Å². The summed E-state index contributed by atoms with van der Waals surface area (Å²) in [6, 6.07) is 0. The van der Waals surface area contributed by atoms with Crippen LogP contribution in [0.25, 0.3) is 0 Å². The maximum atomic E-state index is 2.66. The van der Waals surface area contributed by atoms with E-state index in [2.05, 4.69) is 27.7 Å². The van der Waals surface area contributed by atoms with Gasteiger partial charge in [-0.2, -0.15) is 0 Å². The largest absolute Gasteiger partial charge is 0.0710 e. The van der Waals surface area contributed by atoms with Crippen LogP contribution in [0.2, 0.25) is 0 Å². The van der Waals surface area contributed by atoms with Crippen LogP contribution in [0.4, 0.5) is 0 Å². The molecule has 0 saturated heterocycles. The fourth-order valence-corrected chi connectivity index (χ4v) is 6.70. The van der Waals surface area contributed by atoms with E-state index >= 15 is 0 Å². The Morgan fingerprint density at radius 2 is 1.86 bits per heavy atom. The van der Waals surface area contributed by atoms with E-state index in [1.165, 1.54) is 64.2 Å². The first kappa shape index (κ1) is 15.6. The highest BCUT2D eigenvalue weighted by Gasteiger charge is 2.53. The Labute approximate surface area is 132 Å². The summed E-state index contributed by atoms with van der Waals surface area (Å²) < 4.78 is 0. The van der Waals surface area contributed by atoms with Gasteiger partial charge >= 0.3 is 0 Å². The average molecular weight is 289 g/mol. The van der Waals surface area contributed by atoms with Gasteiger partial charge in [0.15, 0.2) is 0 Å². The third-order valence-electron chi connectivity index (χ3n) is 7.75. The van der Waals surface area contributed by atoms with Crippen molar-refractivity contribution in [3.63, 3.8) is 0 Å². The zero-order valence-electron chi connectivity index (χ0n) is 14.9. The van der Waals surface area contributed by atoms with Crippen LogP contribution >= 0.6 is 0 Å². The molecule has 21 heavy (non-hydrogen) atoms. The molecule has 3 aliphatic rings. The summed E-state index contributed by atoms with van der Waals surface area (Å²) in [5, 5.41) is 0. The molecule has 2 fully saturated rings. The first-order chi connectivity index (χ1) is 10.2. The Balaban J connectivity index is 1.87. The van der Waals surface area contributed by atoms with Crippen LogP contribution in [0.1, 0.15) is 91.9 Å². The van der Waals surface area contributed by atoms with Crippen LogP contribution in [0, 0.1) is 29.1 Å². The Hall–Kier alpha value is -0.260. The van der Waals surface area contributed by atoms with Gasteiger partial charge in [0.1, 0.15) is 0 Å². The van der Waals surface area contributed by atoms with Crippen molar-refractivity contribution in [2.75, 3.05) is 0 Å². The lowest BCUT2D eigenvalue weighted by Crippen LogP contribution is -2.43.